The zero-order valence-corrected chi connectivity index (χ0v) is 13.4. The highest BCUT2D eigenvalue weighted by Gasteiger charge is 2.33. The van der Waals surface area contributed by atoms with Crippen molar-refractivity contribution in [3.63, 3.8) is 0 Å². The highest BCUT2D eigenvalue weighted by Crippen LogP contribution is 2.23. The van der Waals surface area contributed by atoms with Crippen molar-refractivity contribution >= 4 is 26.2 Å². The van der Waals surface area contributed by atoms with Crippen molar-refractivity contribution in [2.75, 3.05) is 31.3 Å². The molecule has 9 nitrogen and oxygen atoms in total. The monoisotopic (exact) mass is 348 g/mol. The molecule has 0 aromatic heterocycles. The highest BCUT2D eigenvalue weighted by molar-refractivity contribution is 7.86. The summed E-state index contributed by atoms with van der Waals surface area (Å²) in [5.41, 5.74) is -1.08. The number of carbonyl (C=O) groups excluding carboxylic acids is 1. The molecule has 2 N–H and O–H groups in total. The van der Waals surface area contributed by atoms with Gasteiger partial charge in [0.15, 0.2) is 0 Å². The first kappa shape index (κ1) is 20.2. The van der Waals surface area contributed by atoms with Crippen LogP contribution in [-0.2, 0) is 34.5 Å². The summed E-state index contributed by atoms with van der Waals surface area (Å²) in [6, 6.07) is 0. The number of ether oxygens (including phenoxy) is 2. The molecule has 0 radical (unpaired) electrons. The number of hydrogen-bond donors (Lipinski definition) is 2. The van der Waals surface area contributed by atoms with Crippen LogP contribution in [0.2, 0.25) is 0 Å². The molecule has 1 unspecified atom stereocenters. The molecule has 1 atom stereocenters. The molecule has 0 saturated heterocycles. The van der Waals surface area contributed by atoms with Crippen LogP contribution in [0.4, 0.5) is 0 Å². The van der Waals surface area contributed by atoms with Crippen LogP contribution >= 0.6 is 0 Å². The summed E-state index contributed by atoms with van der Waals surface area (Å²) in [6.07, 6.45) is 0.309. The third-order valence-corrected chi connectivity index (χ3v) is 4.12. The van der Waals surface area contributed by atoms with Crippen molar-refractivity contribution in [1.82, 2.24) is 0 Å². The Labute approximate surface area is 124 Å². The van der Waals surface area contributed by atoms with Gasteiger partial charge in [0.25, 0.3) is 20.2 Å². The van der Waals surface area contributed by atoms with E-state index in [0.29, 0.717) is 6.42 Å². The zero-order chi connectivity index (χ0) is 16.7. The van der Waals surface area contributed by atoms with Crippen molar-refractivity contribution in [3.8, 4) is 0 Å². The van der Waals surface area contributed by atoms with Crippen molar-refractivity contribution in [2.24, 2.45) is 5.41 Å². The second-order valence-corrected chi connectivity index (χ2v) is 7.82. The molecule has 0 aromatic rings. The van der Waals surface area contributed by atoms with Gasteiger partial charge in [0, 0.05) is 0 Å². The molecule has 0 aliphatic carbocycles. The molecule has 0 fully saturated rings. The molecule has 0 rings (SSSR count). The van der Waals surface area contributed by atoms with Gasteiger partial charge in [0.2, 0.25) is 0 Å². The van der Waals surface area contributed by atoms with Crippen LogP contribution in [-0.4, -0.2) is 63.2 Å². The summed E-state index contributed by atoms with van der Waals surface area (Å²) in [5.74, 6) is -2.02. The van der Waals surface area contributed by atoms with E-state index in [0.717, 1.165) is 0 Å². The summed E-state index contributed by atoms with van der Waals surface area (Å²) in [6.45, 7) is 2.27. The van der Waals surface area contributed by atoms with Gasteiger partial charge in [-0.3, -0.25) is 13.9 Å². The molecular weight excluding hydrogens is 328 g/mol. The fourth-order valence-corrected chi connectivity index (χ4v) is 1.80. The maximum atomic E-state index is 11.8. The third-order valence-electron chi connectivity index (χ3n) is 2.75. The van der Waals surface area contributed by atoms with Crippen LogP contribution in [0.25, 0.3) is 0 Å². The zero-order valence-electron chi connectivity index (χ0n) is 11.8. The number of esters is 1. The lowest BCUT2D eigenvalue weighted by Gasteiger charge is -2.25. The second-order valence-electron chi connectivity index (χ2n) is 4.67. The first-order valence-electron chi connectivity index (χ1n) is 6.05. The van der Waals surface area contributed by atoms with Gasteiger partial charge in [0.1, 0.15) is 12.4 Å². The van der Waals surface area contributed by atoms with E-state index < -0.39 is 49.7 Å². The minimum Gasteiger partial charge on any atom is -0.464 e. The standard InChI is InChI=1S/C10H20O9S2/c1-3-10(2,8-18-4-6-20(12,13)14)9(11)19-5-7-21(15,16)17/h3-8H2,1-2H3,(H,12,13,14)(H,15,16,17). The van der Waals surface area contributed by atoms with Gasteiger partial charge in [-0.1, -0.05) is 6.92 Å². The lowest BCUT2D eigenvalue weighted by molar-refractivity contribution is -0.158. The van der Waals surface area contributed by atoms with Crippen LogP contribution in [0.5, 0.6) is 0 Å². The van der Waals surface area contributed by atoms with E-state index in [4.69, 9.17) is 18.6 Å². The second kappa shape index (κ2) is 8.03. The molecule has 0 bridgehead atoms. The molecule has 0 heterocycles. The van der Waals surface area contributed by atoms with E-state index in [1.807, 2.05) is 0 Å². The van der Waals surface area contributed by atoms with Crippen LogP contribution in [0.15, 0.2) is 0 Å². The Morgan fingerprint density at radius 3 is 1.95 bits per heavy atom. The minimum atomic E-state index is -4.21. The first-order valence-corrected chi connectivity index (χ1v) is 9.27. The van der Waals surface area contributed by atoms with Crippen molar-refractivity contribution in [1.29, 1.82) is 0 Å². The highest BCUT2D eigenvalue weighted by atomic mass is 32.2. The topological polar surface area (TPSA) is 144 Å². The van der Waals surface area contributed by atoms with E-state index >= 15 is 0 Å². The normalized spacial score (nSPS) is 15.4. The van der Waals surface area contributed by atoms with Crippen molar-refractivity contribution in [2.45, 2.75) is 20.3 Å². The predicted octanol–water partition coefficient (Wildman–Crippen LogP) is -0.262. The van der Waals surface area contributed by atoms with Crippen LogP contribution in [0, 0.1) is 5.41 Å². The Kier molecular flexibility index (Phi) is 7.75. The molecule has 126 valence electrons. The van der Waals surface area contributed by atoms with Gasteiger partial charge in [-0.2, -0.15) is 16.8 Å². The minimum absolute atomic E-state index is 0.149. The summed E-state index contributed by atoms with van der Waals surface area (Å²) in [5, 5.41) is 0. The number of hydrogen-bond acceptors (Lipinski definition) is 7. The molecule has 0 amide bonds. The van der Waals surface area contributed by atoms with Gasteiger partial charge in [0.05, 0.1) is 24.4 Å². The van der Waals surface area contributed by atoms with E-state index in [9.17, 15) is 21.6 Å². The van der Waals surface area contributed by atoms with E-state index in [1.165, 1.54) is 6.92 Å². The fourth-order valence-electron chi connectivity index (χ4n) is 1.18. The van der Waals surface area contributed by atoms with Gasteiger partial charge in [-0.15, -0.1) is 0 Å². The first-order chi connectivity index (χ1) is 9.40. The Morgan fingerprint density at radius 2 is 1.52 bits per heavy atom. The lowest BCUT2D eigenvalue weighted by atomic mass is 9.89. The fraction of sp³-hybridized carbons (Fsp3) is 0.900. The van der Waals surface area contributed by atoms with E-state index in [1.54, 1.807) is 6.92 Å². The van der Waals surface area contributed by atoms with Crippen LogP contribution < -0.4 is 0 Å². The van der Waals surface area contributed by atoms with E-state index in [2.05, 4.69) is 0 Å². The number of rotatable bonds is 10. The Hall–Kier alpha value is -0.750. The summed E-state index contributed by atoms with van der Waals surface area (Å²) < 4.78 is 68.8. The summed E-state index contributed by atoms with van der Waals surface area (Å²) >= 11 is 0. The van der Waals surface area contributed by atoms with Crippen molar-refractivity contribution in [3.05, 3.63) is 0 Å². The molecular formula is C10H20O9S2. The maximum Gasteiger partial charge on any atom is 0.314 e. The summed E-state index contributed by atoms with van der Waals surface area (Å²) in [4.78, 5) is 11.8. The molecule has 0 aliphatic rings. The lowest BCUT2D eigenvalue weighted by Crippen LogP contribution is -2.35. The largest absolute Gasteiger partial charge is 0.464 e. The average molecular weight is 348 g/mol. The molecule has 11 heteroatoms. The Bertz CT molecular complexity index is 537. The Morgan fingerprint density at radius 1 is 1.05 bits per heavy atom. The Balaban J connectivity index is 4.33. The molecule has 0 spiro atoms. The molecule has 0 saturated carbocycles. The third kappa shape index (κ3) is 9.74. The maximum absolute atomic E-state index is 11.8. The van der Waals surface area contributed by atoms with Crippen molar-refractivity contribution < 1.29 is 40.2 Å². The van der Waals surface area contributed by atoms with Gasteiger partial charge in [-0.25, -0.2) is 0 Å². The van der Waals surface area contributed by atoms with Crippen LogP contribution in [0.3, 0.4) is 0 Å². The van der Waals surface area contributed by atoms with Crippen LogP contribution in [0.1, 0.15) is 20.3 Å². The average Bonchev–Trinajstić information content (AvgIpc) is 2.31. The van der Waals surface area contributed by atoms with E-state index in [-0.39, 0.29) is 13.2 Å². The molecule has 0 aliphatic heterocycles. The van der Waals surface area contributed by atoms with Gasteiger partial charge >= 0.3 is 5.97 Å². The molecule has 21 heavy (non-hydrogen) atoms. The molecule has 0 aromatic carbocycles. The smallest absolute Gasteiger partial charge is 0.314 e. The quantitative estimate of drug-likeness (QED) is 0.310. The predicted molar refractivity (Wildman–Crippen MR) is 73.0 cm³/mol. The number of carbonyl (C=O) groups is 1. The van der Waals surface area contributed by atoms with Gasteiger partial charge < -0.3 is 9.47 Å². The van der Waals surface area contributed by atoms with Gasteiger partial charge in [-0.05, 0) is 13.3 Å². The SMILES string of the molecule is CCC(C)(COCCS(=O)(=O)O)C(=O)OCCS(=O)(=O)O. The summed E-state index contributed by atoms with van der Waals surface area (Å²) in [7, 11) is -8.35.